The molecule has 0 amide bonds. The highest BCUT2D eigenvalue weighted by molar-refractivity contribution is 4.91. The van der Waals surface area contributed by atoms with Crippen LogP contribution in [-0.2, 0) is 9.47 Å². The van der Waals surface area contributed by atoms with Crippen molar-refractivity contribution in [1.82, 2.24) is 0 Å². The Labute approximate surface area is 137 Å². The van der Waals surface area contributed by atoms with Crippen LogP contribution < -0.4 is 0 Å². The normalized spacial score (nSPS) is 35.6. The van der Waals surface area contributed by atoms with Crippen LogP contribution in [0.4, 0.5) is 0 Å². The molecule has 24 heavy (non-hydrogen) atoms. The molecule has 12 heteroatoms. The minimum absolute atomic E-state index is 0. The van der Waals surface area contributed by atoms with Crippen molar-refractivity contribution in [3.05, 3.63) is 0 Å². The fraction of sp³-hybridized carbons (Fsp3) is 1.00. The Bertz CT molecular complexity index is 342. The monoisotopic (exact) mass is 362 g/mol. The van der Waals surface area contributed by atoms with E-state index in [9.17, 15) is 30.6 Å². The molecule has 0 radical (unpaired) electrons. The van der Waals surface area contributed by atoms with E-state index in [1.807, 2.05) is 0 Å². The average Bonchev–Trinajstić information content (AvgIpc) is 2.57. The van der Waals surface area contributed by atoms with Crippen molar-refractivity contribution in [2.24, 2.45) is 0 Å². The Hall–Kier alpha value is -0.480. The summed E-state index contributed by atoms with van der Waals surface area (Å²) >= 11 is 0. The van der Waals surface area contributed by atoms with Gasteiger partial charge in [0.05, 0.1) is 19.8 Å². The lowest BCUT2D eigenvalue weighted by molar-refractivity contribution is -0.327. The summed E-state index contributed by atoms with van der Waals surface area (Å²) in [4.78, 5) is 0. The van der Waals surface area contributed by atoms with E-state index < -0.39 is 74.9 Å². The van der Waals surface area contributed by atoms with Gasteiger partial charge in [0.15, 0.2) is 6.29 Å². The van der Waals surface area contributed by atoms with Gasteiger partial charge in [-0.3, -0.25) is 0 Å². The summed E-state index contributed by atoms with van der Waals surface area (Å²) in [7, 11) is 0. The van der Waals surface area contributed by atoms with E-state index >= 15 is 0 Å². The predicted octanol–water partition coefficient (Wildman–Crippen LogP) is -6.59. The minimum Gasteiger partial charge on any atom is -0.412 e. The molecule has 0 aromatic heterocycles. The first-order valence-electron chi connectivity index (χ1n) is 7.00. The smallest absolute Gasteiger partial charge is 0.187 e. The highest BCUT2D eigenvalue weighted by Gasteiger charge is 2.46. The molecule has 0 saturated carbocycles. The predicted molar refractivity (Wildman–Crippen MR) is 74.4 cm³/mol. The van der Waals surface area contributed by atoms with Crippen LogP contribution >= 0.6 is 0 Å². The summed E-state index contributed by atoms with van der Waals surface area (Å²) in [6.07, 6.45) is -15.1. The molecule has 1 unspecified atom stereocenters. The molecule has 1 aliphatic heterocycles. The van der Waals surface area contributed by atoms with E-state index in [1.54, 1.807) is 0 Å². The van der Waals surface area contributed by atoms with Crippen molar-refractivity contribution in [3.8, 4) is 0 Å². The van der Waals surface area contributed by atoms with Crippen molar-refractivity contribution in [1.29, 1.82) is 0 Å². The van der Waals surface area contributed by atoms with E-state index in [0.717, 1.165) is 0 Å². The van der Waals surface area contributed by atoms with E-state index in [4.69, 9.17) is 24.8 Å². The average molecular weight is 362 g/mol. The number of hydrogen-bond acceptors (Lipinski definition) is 11. The molecule has 12 nitrogen and oxygen atoms in total. The first-order chi connectivity index (χ1) is 10.8. The van der Waals surface area contributed by atoms with Gasteiger partial charge in [-0.25, -0.2) is 0 Å². The third-order valence-electron chi connectivity index (χ3n) is 3.62. The molecule has 1 rings (SSSR count). The van der Waals surface area contributed by atoms with Crippen LogP contribution in [0.5, 0.6) is 0 Å². The van der Waals surface area contributed by atoms with Crippen molar-refractivity contribution in [2.75, 3.05) is 19.8 Å². The van der Waals surface area contributed by atoms with Crippen LogP contribution in [0.2, 0.25) is 0 Å². The molecule has 0 aliphatic carbocycles. The lowest BCUT2D eigenvalue weighted by Gasteiger charge is -2.42. The lowest BCUT2D eigenvalue weighted by atomic mass is 9.98. The van der Waals surface area contributed by atoms with E-state index in [2.05, 4.69) is 0 Å². The molecule has 1 saturated heterocycles. The Balaban J connectivity index is 0.00000529. The van der Waals surface area contributed by atoms with Gasteiger partial charge in [0.25, 0.3) is 0 Å². The lowest BCUT2D eigenvalue weighted by Crippen LogP contribution is -2.61. The largest absolute Gasteiger partial charge is 0.412 e. The van der Waals surface area contributed by atoms with Gasteiger partial charge in [0.2, 0.25) is 0 Å². The van der Waals surface area contributed by atoms with Crippen LogP contribution in [0.25, 0.3) is 0 Å². The summed E-state index contributed by atoms with van der Waals surface area (Å²) in [5, 5.41) is 84.9. The van der Waals surface area contributed by atoms with Crippen LogP contribution in [0.15, 0.2) is 0 Å². The van der Waals surface area contributed by atoms with E-state index in [1.165, 1.54) is 0 Å². The quantitative estimate of drug-likeness (QED) is 0.197. The second-order valence-electron chi connectivity index (χ2n) is 5.29. The van der Waals surface area contributed by atoms with Crippen LogP contribution in [-0.4, -0.2) is 126 Å². The Kier molecular flexibility index (Phi) is 10.3. The van der Waals surface area contributed by atoms with Gasteiger partial charge in [-0.05, 0) is 0 Å². The van der Waals surface area contributed by atoms with Crippen LogP contribution in [0, 0.1) is 0 Å². The van der Waals surface area contributed by atoms with Crippen molar-refractivity contribution in [3.63, 3.8) is 0 Å². The molecule has 1 fully saturated rings. The highest BCUT2D eigenvalue weighted by atomic mass is 16.7. The first-order valence-corrected chi connectivity index (χ1v) is 7.00. The van der Waals surface area contributed by atoms with E-state index in [0.29, 0.717) is 0 Å². The number of rotatable bonds is 8. The second-order valence-corrected chi connectivity index (χ2v) is 5.29. The fourth-order valence-electron chi connectivity index (χ4n) is 2.16. The third-order valence-corrected chi connectivity index (χ3v) is 3.62. The Morgan fingerprint density at radius 2 is 1.38 bits per heavy atom. The maximum Gasteiger partial charge on any atom is 0.187 e. The SMILES string of the molecule is O.OC[C@@H](O)C(O[C@@H]1O[C@H](CO)[C@H](O)[C@H](O)[C@H]1O)[C@H](O)[C@@H](O)CO. The van der Waals surface area contributed by atoms with Gasteiger partial charge in [0.1, 0.15) is 48.8 Å². The zero-order valence-electron chi connectivity index (χ0n) is 12.7. The number of aliphatic hydroxyl groups excluding tert-OH is 9. The maximum absolute atomic E-state index is 9.83. The van der Waals surface area contributed by atoms with Gasteiger partial charge in [-0.15, -0.1) is 0 Å². The fourth-order valence-corrected chi connectivity index (χ4v) is 2.16. The summed E-state index contributed by atoms with van der Waals surface area (Å²) in [6, 6.07) is 0. The summed E-state index contributed by atoms with van der Waals surface area (Å²) < 4.78 is 10.1. The third kappa shape index (κ3) is 5.26. The molecular weight excluding hydrogens is 336 g/mol. The Morgan fingerprint density at radius 3 is 1.83 bits per heavy atom. The molecule has 0 aromatic rings. The topological polar surface area (TPSA) is 232 Å². The van der Waals surface area contributed by atoms with Gasteiger partial charge in [0, 0.05) is 0 Å². The van der Waals surface area contributed by atoms with Crippen LogP contribution in [0.3, 0.4) is 0 Å². The Morgan fingerprint density at radius 1 is 0.833 bits per heavy atom. The summed E-state index contributed by atoms with van der Waals surface area (Å²) in [5.41, 5.74) is 0. The zero-order chi connectivity index (χ0) is 17.7. The van der Waals surface area contributed by atoms with Gasteiger partial charge in [-0.2, -0.15) is 0 Å². The zero-order valence-corrected chi connectivity index (χ0v) is 12.7. The summed E-state index contributed by atoms with van der Waals surface area (Å²) in [5.74, 6) is 0. The maximum atomic E-state index is 9.83. The van der Waals surface area contributed by atoms with Crippen molar-refractivity contribution < 1.29 is 60.9 Å². The standard InChI is InChI=1S/C12H24O11.H2O/c13-1-4(16)7(18)11(5(17)2-14)23-12-10(21)9(20)8(19)6(3-15)22-12;/h4-21H,1-3H2;1H2/t4-,5+,6+,7+,8-,9-,10+,11?,12-;/m0./s1. The van der Waals surface area contributed by atoms with Crippen molar-refractivity contribution in [2.45, 2.75) is 55.1 Å². The first kappa shape index (κ1) is 23.5. The molecule has 0 aromatic carbocycles. The highest BCUT2D eigenvalue weighted by Crippen LogP contribution is 2.24. The molecule has 0 spiro atoms. The van der Waals surface area contributed by atoms with Crippen LogP contribution in [0.1, 0.15) is 0 Å². The number of hydrogen-bond donors (Lipinski definition) is 9. The summed E-state index contributed by atoms with van der Waals surface area (Å²) in [6.45, 7) is -2.45. The number of ether oxygens (including phenoxy) is 2. The molecule has 9 atom stereocenters. The van der Waals surface area contributed by atoms with Gasteiger partial charge >= 0.3 is 0 Å². The molecule has 146 valence electrons. The van der Waals surface area contributed by atoms with E-state index in [-0.39, 0.29) is 5.48 Å². The molecule has 1 aliphatic rings. The number of aliphatic hydroxyl groups is 9. The molecule has 11 N–H and O–H groups in total. The van der Waals surface area contributed by atoms with Gasteiger partial charge < -0.3 is 60.9 Å². The molecular formula is C12H26O12. The minimum atomic E-state index is -1.85. The second kappa shape index (κ2) is 10.5. The van der Waals surface area contributed by atoms with Gasteiger partial charge in [-0.1, -0.05) is 0 Å². The molecule has 0 bridgehead atoms. The van der Waals surface area contributed by atoms with Crippen molar-refractivity contribution >= 4 is 0 Å². The molecule has 1 heterocycles.